The molecule has 1 radical (unpaired) electrons. The molecule has 0 atom stereocenters. The summed E-state index contributed by atoms with van der Waals surface area (Å²) in [6.45, 7) is 8.65. The number of fused-ring (bicyclic) bond motifs is 6. The first-order valence-electron chi connectivity index (χ1n) is 22.6. The molecule has 5 aromatic carbocycles. The SMILES string of the molecule is CC(C)(C)c1ccnc(-c2[c-]cc(F)cc2)n1.[2H]C([2H])([2H])c1cnc(-c2[c-]ccc3c2oc2cc4c(ccc5ccccc54)cc23)cc1C1([2H])CCC2(CCC(C)(C)CC2)CC1.[Ir]. The van der Waals surface area contributed by atoms with Crippen LogP contribution in [0.5, 0.6) is 0 Å². The summed E-state index contributed by atoms with van der Waals surface area (Å²) in [5.41, 5.74) is 5.86. The minimum atomic E-state index is -2.35. The second-order valence-electron chi connectivity index (χ2n) is 18.4. The number of halogens is 1. The molecule has 3 heterocycles. The van der Waals surface area contributed by atoms with Crippen LogP contribution in [0.4, 0.5) is 4.39 Å². The number of aromatic nitrogens is 3. The van der Waals surface area contributed by atoms with Crippen LogP contribution >= 0.6 is 0 Å². The molecule has 59 heavy (non-hydrogen) atoms. The summed E-state index contributed by atoms with van der Waals surface area (Å²) in [6, 6.07) is 35.2. The fraction of sp³-hybridized carbons (Fsp3) is 0.340. The van der Waals surface area contributed by atoms with E-state index in [0.29, 0.717) is 57.5 Å². The van der Waals surface area contributed by atoms with Crippen LogP contribution in [-0.4, -0.2) is 15.0 Å². The Balaban J connectivity index is 0.000000255. The van der Waals surface area contributed by atoms with Crippen LogP contribution in [0.3, 0.4) is 0 Å². The number of hydrogen-bond donors (Lipinski definition) is 0. The molecule has 0 amide bonds. The summed E-state index contributed by atoms with van der Waals surface area (Å²) in [6.07, 6.45) is 11.3. The van der Waals surface area contributed by atoms with Crippen molar-refractivity contribution in [2.24, 2.45) is 10.8 Å². The molecule has 1 spiro atoms. The van der Waals surface area contributed by atoms with Gasteiger partial charge in [-0.1, -0.05) is 88.0 Å². The van der Waals surface area contributed by atoms with Crippen molar-refractivity contribution in [3.05, 3.63) is 138 Å². The summed E-state index contributed by atoms with van der Waals surface area (Å²) in [7, 11) is 0. The molecule has 0 aliphatic heterocycles. The second kappa shape index (κ2) is 16.0. The molecule has 4 nitrogen and oxygen atoms in total. The number of pyridine rings is 1. The molecule has 2 aliphatic rings. The summed E-state index contributed by atoms with van der Waals surface area (Å²) >= 11 is 0. The van der Waals surface area contributed by atoms with Crippen LogP contribution in [0, 0.1) is 35.6 Å². The van der Waals surface area contributed by atoms with Crippen molar-refractivity contribution in [2.75, 3.05) is 0 Å². The zero-order valence-electron chi connectivity index (χ0n) is 38.4. The Bertz CT molecular complexity index is 2950. The van der Waals surface area contributed by atoms with Crippen molar-refractivity contribution < 1.29 is 34.4 Å². The maximum Gasteiger partial charge on any atom is 0.121 e. The van der Waals surface area contributed by atoms with Gasteiger partial charge in [0.25, 0.3) is 0 Å². The monoisotopic (exact) mass is 962 g/mol. The first-order valence-corrected chi connectivity index (χ1v) is 20.6. The van der Waals surface area contributed by atoms with E-state index in [9.17, 15) is 5.76 Å². The van der Waals surface area contributed by atoms with Gasteiger partial charge in [-0.05, 0) is 132 Å². The fourth-order valence-electron chi connectivity index (χ4n) is 9.08. The van der Waals surface area contributed by atoms with E-state index in [1.165, 1.54) is 54.8 Å². The van der Waals surface area contributed by atoms with Gasteiger partial charge in [0.05, 0.1) is 11.4 Å². The number of furan rings is 1. The van der Waals surface area contributed by atoms with Gasteiger partial charge in [-0.3, -0.25) is 14.4 Å². The molecule has 0 saturated heterocycles. The van der Waals surface area contributed by atoms with E-state index < -0.39 is 12.7 Å². The van der Waals surface area contributed by atoms with Gasteiger partial charge in [0.2, 0.25) is 0 Å². The Morgan fingerprint density at radius 1 is 0.814 bits per heavy atom. The zero-order chi connectivity index (χ0) is 43.7. The molecular formula is C53H52FIrN3O-2. The van der Waals surface area contributed by atoms with Gasteiger partial charge < -0.3 is 9.40 Å². The molecule has 6 heteroatoms. The van der Waals surface area contributed by atoms with Gasteiger partial charge in [0.1, 0.15) is 5.58 Å². The molecule has 0 N–H and O–H groups in total. The van der Waals surface area contributed by atoms with Crippen LogP contribution in [0.1, 0.15) is 114 Å². The first-order chi connectivity index (χ1) is 29.4. The Hall–Kier alpha value is -4.77. The van der Waals surface area contributed by atoms with Crippen LogP contribution in [0.15, 0.2) is 108 Å². The summed E-state index contributed by atoms with van der Waals surface area (Å²) in [5, 5.41) is 6.65. The van der Waals surface area contributed by atoms with Crippen molar-refractivity contribution in [1.29, 1.82) is 0 Å². The summed E-state index contributed by atoms with van der Waals surface area (Å²) < 4.78 is 54.1. The molecule has 0 bridgehead atoms. The van der Waals surface area contributed by atoms with Gasteiger partial charge in [0.15, 0.2) is 0 Å². The van der Waals surface area contributed by atoms with Crippen LogP contribution in [-0.2, 0) is 25.5 Å². The largest absolute Gasteiger partial charge is 0.501 e. The Kier molecular flexibility index (Phi) is 9.80. The Labute approximate surface area is 367 Å². The van der Waals surface area contributed by atoms with E-state index in [2.05, 4.69) is 110 Å². The van der Waals surface area contributed by atoms with Gasteiger partial charge in [-0.2, -0.15) is 0 Å². The Morgan fingerprint density at radius 3 is 2.34 bits per heavy atom. The predicted molar refractivity (Wildman–Crippen MR) is 236 cm³/mol. The topological polar surface area (TPSA) is 51.8 Å². The maximum atomic E-state index is 12.8. The predicted octanol–water partition coefficient (Wildman–Crippen LogP) is 14.7. The third-order valence-electron chi connectivity index (χ3n) is 12.9. The first kappa shape index (κ1) is 36.1. The standard InChI is InChI=1S/C39H38NO.C14H14FN2.Ir/c1-25-24-40-35(22-32(25)27-13-15-39(16-14-27)19-17-38(2,3)18-20-39)31-10-6-9-30-34-21-28-12-11-26-7-4-5-8-29(26)33(28)23-36(34)41-37(30)31;1-14(2,3)12-8-9-16-13(17-12)10-4-6-11(15)7-5-10;/h4-9,11-12,21-24,27H,13-20H2,1-3H3;4,6-9H,1-3H3;/q2*-1;/i1D3,27D;;. The molecule has 303 valence electrons. The van der Waals surface area contributed by atoms with E-state index >= 15 is 0 Å². The average molecular weight is 962 g/mol. The molecule has 2 fully saturated rings. The molecule has 10 rings (SSSR count). The van der Waals surface area contributed by atoms with Gasteiger partial charge in [-0.25, -0.2) is 0 Å². The smallest absolute Gasteiger partial charge is 0.121 e. The minimum Gasteiger partial charge on any atom is -0.501 e. The van der Waals surface area contributed by atoms with E-state index in [4.69, 9.17) is 8.53 Å². The van der Waals surface area contributed by atoms with Crippen molar-refractivity contribution in [2.45, 2.75) is 104 Å². The zero-order valence-corrected chi connectivity index (χ0v) is 36.8. The van der Waals surface area contributed by atoms with Crippen molar-refractivity contribution in [1.82, 2.24) is 15.0 Å². The van der Waals surface area contributed by atoms with E-state index in [0.717, 1.165) is 45.7 Å². The van der Waals surface area contributed by atoms with Crippen LogP contribution in [0.25, 0.3) is 66.1 Å². The summed E-state index contributed by atoms with van der Waals surface area (Å²) in [4.78, 5) is 13.4. The molecule has 2 saturated carbocycles. The Morgan fingerprint density at radius 2 is 1.59 bits per heavy atom. The molecule has 0 unspecified atom stereocenters. The quantitative estimate of drug-likeness (QED) is 0.131. The van der Waals surface area contributed by atoms with E-state index in [1.54, 1.807) is 12.3 Å². The molecule has 8 aromatic rings. The number of aryl methyl sites for hydroxylation is 1. The summed E-state index contributed by atoms with van der Waals surface area (Å²) in [5.74, 6) is -0.696. The van der Waals surface area contributed by atoms with Gasteiger partial charge in [-0.15, -0.1) is 48.0 Å². The maximum absolute atomic E-state index is 12.8. The minimum absolute atomic E-state index is 0. The molecule has 3 aromatic heterocycles. The fourth-order valence-corrected chi connectivity index (χ4v) is 9.08. The van der Waals surface area contributed by atoms with E-state index in [-0.39, 0.29) is 36.9 Å². The van der Waals surface area contributed by atoms with Crippen molar-refractivity contribution in [3.63, 3.8) is 0 Å². The number of rotatable bonds is 3. The van der Waals surface area contributed by atoms with Gasteiger partial charge >= 0.3 is 0 Å². The van der Waals surface area contributed by atoms with E-state index in [1.807, 2.05) is 24.3 Å². The third-order valence-corrected chi connectivity index (χ3v) is 12.9. The number of hydrogen-bond acceptors (Lipinski definition) is 4. The number of nitrogens with zero attached hydrogens (tertiary/aromatic N) is 3. The number of benzene rings is 5. The van der Waals surface area contributed by atoms with Gasteiger partial charge in [0, 0.05) is 60.3 Å². The normalized spacial score (nSPS) is 18.3. The van der Waals surface area contributed by atoms with Crippen LogP contribution < -0.4 is 0 Å². The molecular weight excluding hydrogens is 906 g/mol. The molecule has 2 aliphatic carbocycles. The second-order valence-corrected chi connectivity index (χ2v) is 18.4. The van der Waals surface area contributed by atoms with Crippen molar-refractivity contribution in [3.8, 4) is 22.6 Å². The average Bonchev–Trinajstić information content (AvgIpc) is 3.62. The van der Waals surface area contributed by atoms with Crippen molar-refractivity contribution >= 4 is 43.5 Å². The third kappa shape index (κ3) is 8.24. The van der Waals surface area contributed by atoms with Crippen LogP contribution in [0.2, 0.25) is 0 Å².